The zero-order valence-corrected chi connectivity index (χ0v) is 17.6. The van der Waals surface area contributed by atoms with Crippen molar-refractivity contribution < 1.29 is 0 Å². The van der Waals surface area contributed by atoms with Crippen molar-refractivity contribution in [1.29, 1.82) is 0 Å². The third-order valence-electron chi connectivity index (χ3n) is 3.62. The molecule has 0 nitrogen and oxygen atoms in total. The molecule has 131 valence electrons. The summed E-state index contributed by atoms with van der Waals surface area (Å²) in [7, 11) is 0. The van der Waals surface area contributed by atoms with Crippen molar-refractivity contribution in [3.63, 3.8) is 0 Å². The van der Waals surface area contributed by atoms with Crippen LogP contribution in [0.5, 0.6) is 0 Å². The van der Waals surface area contributed by atoms with Crippen LogP contribution in [0.2, 0.25) is 0 Å². The standard InChI is InChI=1S/C20H33S3/c1-5-9-12-21-18-15-17(8-4)16-19(22-13-10-6-2)20(18)23-14-11-7-3/h15-16H,4-14H2,1-3H3. The average molecular weight is 370 g/mol. The molecule has 0 N–H and O–H groups in total. The second kappa shape index (κ2) is 13.5. The molecule has 1 radical (unpaired) electrons. The Bertz CT molecular complexity index is 398. The quantitative estimate of drug-likeness (QED) is 0.258. The fourth-order valence-corrected chi connectivity index (χ4v) is 6.17. The van der Waals surface area contributed by atoms with E-state index in [1.54, 1.807) is 0 Å². The third-order valence-corrected chi connectivity index (χ3v) is 7.36. The van der Waals surface area contributed by atoms with Crippen molar-refractivity contribution in [2.24, 2.45) is 0 Å². The molecule has 1 aromatic carbocycles. The van der Waals surface area contributed by atoms with Gasteiger partial charge in [-0.2, -0.15) is 0 Å². The van der Waals surface area contributed by atoms with Crippen molar-refractivity contribution in [1.82, 2.24) is 0 Å². The molecule has 0 aliphatic heterocycles. The van der Waals surface area contributed by atoms with Crippen molar-refractivity contribution in [2.75, 3.05) is 17.3 Å². The van der Waals surface area contributed by atoms with E-state index >= 15 is 0 Å². The van der Waals surface area contributed by atoms with Gasteiger partial charge in [-0.3, -0.25) is 0 Å². The summed E-state index contributed by atoms with van der Waals surface area (Å²) in [4.78, 5) is 4.54. The molecule has 0 atom stereocenters. The van der Waals surface area contributed by atoms with Crippen molar-refractivity contribution >= 4 is 35.3 Å². The third kappa shape index (κ3) is 8.27. The lowest BCUT2D eigenvalue weighted by molar-refractivity contribution is 0.888. The average Bonchev–Trinajstić information content (AvgIpc) is 2.57. The molecular weight excluding hydrogens is 336 g/mol. The zero-order valence-electron chi connectivity index (χ0n) is 15.2. The lowest BCUT2D eigenvalue weighted by atomic mass is 10.2. The topological polar surface area (TPSA) is 0 Å². The monoisotopic (exact) mass is 369 g/mol. The highest BCUT2D eigenvalue weighted by atomic mass is 32.2. The summed E-state index contributed by atoms with van der Waals surface area (Å²) >= 11 is 6.17. The van der Waals surface area contributed by atoms with Gasteiger partial charge in [-0.05, 0) is 67.6 Å². The summed E-state index contributed by atoms with van der Waals surface area (Å²) in [5.41, 5.74) is 1.39. The van der Waals surface area contributed by atoms with Gasteiger partial charge < -0.3 is 0 Å². The molecule has 0 bridgehead atoms. The van der Waals surface area contributed by atoms with Gasteiger partial charge in [-0.15, -0.1) is 35.3 Å². The first-order valence-corrected chi connectivity index (χ1v) is 12.1. The van der Waals surface area contributed by atoms with Crippen LogP contribution in [0.3, 0.4) is 0 Å². The first kappa shape index (κ1) is 21.3. The lowest BCUT2D eigenvalue weighted by Crippen LogP contribution is -1.93. The number of thioether (sulfide) groups is 3. The Morgan fingerprint density at radius 2 is 1.17 bits per heavy atom. The smallest absolute Gasteiger partial charge is 0.0344 e. The van der Waals surface area contributed by atoms with E-state index in [1.165, 1.54) is 76.0 Å². The van der Waals surface area contributed by atoms with Gasteiger partial charge in [0.2, 0.25) is 0 Å². The maximum atomic E-state index is 4.11. The first-order valence-electron chi connectivity index (χ1n) is 9.11. The van der Waals surface area contributed by atoms with E-state index in [9.17, 15) is 0 Å². The Balaban J connectivity index is 2.97. The van der Waals surface area contributed by atoms with Gasteiger partial charge in [0, 0.05) is 14.7 Å². The Labute approximate surface area is 157 Å². The highest BCUT2D eigenvalue weighted by molar-refractivity contribution is 8.03. The van der Waals surface area contributed by atoms with Crippen LogP contribution in [0.25, 0.3) is 0 Å². The molecule has 0 fully saturated rings. The molecule has 23 heavy (non-hydrogen) atoms. The second-order valence-corrected chi connectivity index (χ2v) is 9.16. The molecule has 1 aromatic rings. The predicted molar refractivity (Wildman–Crippen MR) is 112 cm³/mol. The van der Waals surface area contributed by atoms with E-state index in [0.29, 0.717) is 0 Å². The van der Waals surface area contributed by atoms with E-state index in [2.05, 4.69) is 75.1 Å². The number of hydrogen-bond acceptors (Lipinski definition) is 3. The SMILES string of the molecule is [CH2]Cc1cc(SCCCC)c(SCCCC)c(SCCCC)c1. The van der Waals surface area contributed by atoms with Crippen LogP contribution in [-0.2, 0) is 6.42 Å². The summed E-state index contributed by atoms with van der Waals surface area (Å²) in [6, 6.07) is 4.79. The zero-order chi connectivity index (χ0) is 16.9. The summed E-state index contributed by atoms with van der Waals surface area (Å²) in [6.07, 6.45) is 8.63. The van der Waals surface area contributed by atoms with Gasteiger partial charge >= 0.3 is 0 Å². The van der Waals surface area contributed by atoms with Gasteiger partial charge in [-0.25, -0.2) is 0 Å². The van der Waals surface area contributed by atoms with E-state index < -0.39 is 0 Å². The van der Waals surface area contributed by atoms with Gasteiger partial charge in [0.25, 0.3) is 0 Å². The molecule has 0 amide bonds. The number of unbranched alkanes of at least 4 members (excludes halogenated alkanes) is 3. The predicted octanol–water partition coefficient (Wildman–Crippen LogP) is 7.74. The lowest BCUT2D eigenvalue weighted by Gasteiger charge is -2.16. The van der Waals surface area contributed by atoms with E-state index in [-0.39, 0.29) is 0 Å². The van der Waals surface area contributed by atoms with Crippen LogP contribution < -0.4 is 0 Å². The van der Waals surface area contributed by atoms with E-state index in [4.69, 9.17) is 0 Å². The molecule has 3 heteroatoms. The molecule has 0 aliphatic carbocycles. The van der Waals surface area contributed by atoms with Crippen molar-refractivity contribution in [2.45, 2.75) is 80.4 Å². The summed E-state index contributed by atoms with van der Waals surface area (Å²) in [5.74, 6) is 3.71. The summed E-state index contributed by atoms with van der Waals surface area (Å²) in [5, 5.41) is 0. The molecular formula is C20H33S3. The van der Waals surface area contributed by atoms with Crippen LogP contribution in [0.15, 0.2) is 26.8 Å². The van der Waals surface area contributed by atoms with Crippen LogP contribution in [0.1, 0.15) is 64.9 Å². The fraction of sp³-hybridized carbons (Fsp3) is 0.650. The maximum Gasteiger partial charge on any atom is 0.0344 e. The Morgan fingerprint density at radius 3 is 1.57 bits per heavy atom. The highest BCUT2D eigenvalue weighted by Crippen LogP contribution is 2.40. The second-order valence-electron chi connectivity index (χ2n) is 5.78. The maximum absolute atomic E-state index is 4.11. The van der Waals surface area contributed by atoms with Crippen molar-refractivity contribution in [3.8, 4) is 0 Å². The van der Waals surface area contributed by atoms with Gasteiger partial charge in [-0.1, -0.05) is 40.0 Å². The van der Waals surface area contributed by atoms with E-state index in [0.717, 1.165) is 6.42 Å². The van der Waals surface area contributed by atoms with Gasteiger partial charge in [0.15, 0.2) is 0 Å². The number of hydrogen-bond donors (Lipinski definition) is 0. The van der Waals surface area contributed by atoms with Gasteiger partial charge in [0.1, 0.15) is 0 Å². The normalized spacial score (nSPS) is 11.1. The minimum Gasteiger partial charge on any atom is -0.125 e. The molecule has 1 rings (SSSR count). The molecule has 0 spiro atoms. The fourth-order valence-electron chi connectivity index (χ4n) is 2.10. The van der Waals surface area contributed by atoms with Crippen LogP contribution in [-0.4, -0.2) is 17.3 Å². The van der Waals surface area contributed by atoms with Gasteiger partial charge in [0.05, 0.1) is 0 Å². The van der Waals surface area contributed by atoms with Crippen LogP contribution in [0.4, 0.5) is 0 Å². The largest absolute Gasteiger partial charge is 0.125 e. The van der Waals surface area contributed by atoms with Crippen molar-refractivity contribution in [3.05, 3.63) is 24.6 Å². The molecule has 0 saturated heterocycles. The molecule has 0 unspecified atom stereocenters. The molecule has 0 aromatic heterocycles. The summed E-state index contributed by atoms with van der Waals surface area (Å²) < 4.78 is 0. The first-order chi connectivity index (χ1) is 11.3. The Kier molecular flexibility index (Phi) is 12.6. The Morgan fingerprint density at radius 1 is 0.739 bits per heavy atom. The number of benzene rings is 1. The molecule has 0 aliphatic rings. The highest BCUT2D eigenvalue weighted by Gasteiger charge is 2.12. The van der Waals surface area contributed by atoms with Crippen LogP contribution >= 0.6 is 35.3 Å². The van der Waals surface area contributed by atoms with Crippen LogP contribution in [0, 0.1) is 6.92 Å². The minimum atomic E-state index is 0.891. The number of rotatable bonds is 13. The minimum absolute atomic E-state index is 0.891. The Hall–Kier alpha value is 0.270. The molecule has 0 saturated carbocycles. The summed E-state index contributed by atoms with van der Waals surface area (Å²) in [6.45, 7) is 10.9. The van der Waals surface area contributed by atoms with E-state index in [1.807, 2.05) is 0 Å². The molecule has 0 heterocycles.